The summed E-state index contributed by atoms with van der Waals surface area (Å²) in [5.74, 6) is -0.825. The van der Waals surface area contributed by atoms with Gasteiger partial charge in [0.25, 0.3) is 5.91 Å². The molecule has 0 saturated heterocycles. The molecule has 1 heterocycles. The van der Waals surface area contributed by atoms with Crippen LogP contribution in [0, 0.1) is 18.7 Å². The van der Waals surface area contributed by atoms with Crippen LogP contribution in [0.25, 0.3) is 11.3 Å². The molecular formula is C26H26ClFN2O4. The summed E-state index contributed by atoms with van der Waals surface area (Å²) in [7, 11) is 0. The van der Waals surface area contributed by atoms with E-state index in [9.17, 15) is 14.0 Å². The highest BCUT2D eigenvalue weighted by Gasteiger charge is 2.30. The van der Waals surface area contributed by atoms with E-state index in [2.05, 4.69) is 10.5 Å². The van der Waals surface area contributed by atoms with Gasteiger partial charge >= 0.3 is 5.97 Å². The fraction of sp³-hybridized carbons (Fsp3) is 0.346. The normalized spacial score (nSPS) is 17.9. The van der Waals surface area contributed by atoms with Gasteiger partial charge in [-0.25, -0.2) is 4.39 Å². The van der Waals surface area contributed by atoms with Crippen LogP contribution in [0.2, 0.25) is 5.02 Å². The Hall–Kier alpha value is -3.19. The number of rotatable bonds is 7. The number of nitrogens with zero attached hydrogens (tertiary/aromatic N) is 1. The van der Waals surface area contributed by atoms with Gasteiger partial charge in [0.2, 0.25) is 0 Å². The van der Waals surface area contributed by atoms with E-state index < -0.39 is 11.7 Å². The molecule has 3 aromatic rings. The molecule has 1 saturated carbocycles. The van der Waals surface area contributed by atoms with Gasteiger partial charge in [-0.1, -0.05) is 59.6 Å². The van der Waals surface area contributed by atoms with E-state index in [1.165, 1.54) is 18.2 Å². The second-order valence-electron chi connectivity index (χ2n) is 8.61. The highest BCUT2D eigenvalue weighted by Crippen LogP contribution is 2.34. The van der Waals surface area contributed by atoms with Crippen molar-refractivity contribution in [2.45, 2.75) is 51.7 Å². The standard InChI is InChI=1S/C26H26ClFN2O4/c1-16-23(25(30-34-16)24-20(27)11-6-12-21(24)28)26(32)29-19-10-5-9-18(13-19)14-22(31)33-15-17-7-3-2-4-8-17/h2-4,6-8,11-12,18-19H,5,9-10,13-15H2,1H3,(H,29,32)/t18-,19-/m1/s1. The number of carbonyl (C=O) groups excluding carboxylic acids is 2. The number of carbonyl (C=O) groups is 2. The third-order valence-electron chi connectivity index (χ3n) is 6.11. The van der Waals surface area contributed by atoms with Crippen LogP contribution in [0.4, 0.5) is 4.39 Å². The lowest BCUT2D eigenvalue weighted by molar-refractivity contribution is -0.146. The number of esters is 1. The first-order valence-corrected chi connectivity index (χ1v) is 11.7. The minimum absolute atomic E-state index is 0.0360. The van der Waals surface area contributed by atoms with Crippen molar-refractivity contribution in [3.63, 3.8) is 0 Å². The molecule has 1 aliphatic carbocycles. The van der Waals surface area contributed by atoms with Crippen molar-refractivity contribution in [1.29, 1.82) is 0 Å². The summed E-state index contributed by atoms with van der Waals surface area (Å²) in [5.41, 5.74) is 1.22. The number of aryl methyl sites for hydroxylation is 1. The molecule has 4 rings (SSSR count). The first kappa shape index (κ1) is 24.0. The quantitative estimate of drug-likeness (QED) is 0.424. The topological polar surface area (TPSA) is 81.4 Å². The number of amides is 1. The Morgan fingerprint density at radius 3 is 2.74 bits per heavy atom. The summed E-state index contributed by atoms with van der Waals surface area (Å²) >= 11 is 6.18. The van der Waals surface area contributed by atoms with Crippen molar-refractivity contribution in [1.82, 2.24) is 10.5 Å². The molecule has 8 heteroatoms. The fourth-order valence-corrected chi connectivity index (χ4v) is 4.68. The summed E-state index contributed by atoms with van der Waals surface area (Å²) in [4.78, 5) is 25.5. The number of aromatic nitrogens is 1. The van der Waals surface area contributed by atoms with Gasteiger partial charge in [0.05, 0.1) is 10.6 Å². The largest absolute Gasteiger partial charge is 0.461 e. The molecule has 1 amide bonds. The van der Waals surface area contributed by atoms with Crippen molar-refractivity contribution in [2.24, 2.45) is 5.92 Å². The van der Waals surface area contributed by atoms with Gasteiger partial charge in [-0.3, -0.25) is 9.59 Å². The molecule has 0 unspecified atom stereocenters. The minimum atomic E-state index is -0.582. The summed E-state index contributed by atoms with van der Waals surface area (Å²) < 4.78 is 25.1. The Morgan fingerprint density at radius 1 is 1.18 bits per heavy atom. The number of hydrogen-bond donors (Lipinski definition) is 1. The van der Waals surface area contributed by atoms with Crippen molar-refractivity contribution in [3.8, 4) is 11.3 Å². The average Bonchev–Trinajstić information content (AvgIpc) is 3.19. The van der Waals surface area contributed by atoms with Crippen molar-refractivity contribution in [3.05, 3.63) is 76.3 Å². The number of ether oxygens (including phenoxy) is 1. The Labute approximate surface area is 202 Å². The molecule has 6 nitrogen and oxygen atoms in total. The SMILES string of the molecule is Cc1onc(-c2c(F)cccc2Cl)c1C(=O)N[C@@H]1CCC[C@@H](CC(=O)OCc2ccccc2)C1. The summed E-state index contributed by atoms with van der Waals surface area (Å²) in [6, 6.07) is 13.7. The number of benzene rings is 2. The maximum atomic E-state index is 14.4. The minimum Gasteiger partial charge on any atom is -0.461 e. The Kier molecular flexibility index (Phi) is 7.63. The molecule has 2 aromatic carbocycles. The van der Waals surface area contributed by atoms with Crippen LogP contribution in [-0.4, -0.2) is 23.1 Å². The molecule has 0 aliphatic heterocycles. The van der Waals surface area contributed by atoms with Gasteiger partial charge in [0.1, 0.15) is 29.4 Å². The van der Waals surface area contributed by atoms with E-state index in [0.717, 1.165) is 24.8 Å². The molecule has 0 spiro atoms. The average molecular weight is 485 g/mol. The summed E-state index contributed by atoms with van der Waals surface area (Å²) in [6.07, 6.45) is 3.54. The van der Waals surface area contributed by atoms with Crippen molar-refractivity contribution >= 4 is 23.5 Å². The van der Waals surface area contributed by atoms with Crippen molar-refractivity contribution < 1.29 is 23.2 Å². The molecule has 178 valence electrons. The molecule has 34 heavy (non-hydrogen) atoms. The maximum absolute atomic E-state index is 14.4. The van der Waals surface area contributed by atoms with Crippen molar-refractivity contribution in [2.75, 3.05) is 0 Å². The lowest BCUT2D eigenvalue weighted by Gasteiger charge is -2.29. The Bertz CT molecular complexity index is 1140. The van der Waals surface area contributed by atoms with E-state index in [1.807, 2.05) is 30.3 Å². The summed E-state index contributed by atoms with van der Waals surface area (Å²) in [5, 5.41) is 7.06. The van der Waals surface area contributed by atoms with Crippen LogP contribution in [0.1, 0.15) is 53.8 Å². The molecule has 0 radical (unpaired) electrons. The van der Waals surface area contributed by atoms with E-state index in [1.54, 1.807) is 6.92 Å². The zero-order valence-corrected chi connectivity index (χ0v) is 19.6. The highest BCUT2D eigenvalue weighted by atomic mass is 35.5. The van der Waals surface area contributed by atoms with Crippen LogP contribution in [0.3, 0.4) is 0 Å². The Balaban J connectivity index is 1.38. The van der Waals surface area contributed by atoms with E-state index >= 15 is 0 Å². The maximum Gasteiger partial charge on any atom is 0.306 e. The second-order valence-corrected chi connectivity index (χ2v) is 9.02. The van der Waals surface area contributed by atoms with Gasteiger partial charge in [0, 0.05) is 12.5 Å². The summed E-state index contributed by atoms with van der Waals surface area (Å²) in [6.45, 7) is 1.85. The molecule has 2 atom stereocenters. The zero-order chi connectivity index (χ0) is 24.1. The van der Waals surface area contributed by atoms with E-state index in [4.69, 9.17) is 20.9 Å². The third-order valence-corrected chi connectivity index (χ3v) is 6.42. The smallest absolute Gasteiger partial charge is 0.306 e. The lowest BCUT2D eigenvalue weighted by atomic mass is 9.83. The van der Waals surface area contributed by atoms with Gasteiger partial charge in [0.15, 0.2) is 0 Å². The molecular weight excluding hydrogens is 459 g/mol. The fourth-order valence-electron chi connectivity index (χ4n) is 4.43. The van der Waals surface area contributed by atoms with Crippen LogP contribution in [-0.2, 0) is 16.1 Å². The van der Waals surface area contributed by atoms with Gasteiger partial charge in [-0.2, -0.15) is 0 Å². The van der Waals surface area contributed by atoms with Crippen LogP contribution < -0.4 is 5.32 Å². The van der Waals surface area contributed by atoms with Gasteiger partial charge < -0.3 is 14.6 Å². The number of hydrogen-bond acceptors (Lipinski definition) is 5. The number of nitrogens with one attached hydrogen (secondary N) is 1. The van der Waals surface area contributed by atoms with E-state index in [-0.39, 0.29) is 52.1 Å². The predicted molar refractivity (Wildman–Crippen MR) is 126 cm³/mol. The lowest BCUT2D eigenvalue weighted by Crippen LogP contribution is -2.39. The van der Waals surface area contributed by atoms with Crippen LogP contribution in [0.15, 0.2) is 53.1 Å². The number of halogens is 2. The van der Waals surface area contributed by atoms with Gasteiger partial charge in [-0.05, 0) is 49.8 Å². The first-order valence-electron chi connectivity index (χ1n) is 11.3. The third kappa shape index (κ3) is 5.65. The molecule has 1 N–H and O–H groups in total. The Morgan fingerprint density at radius 2 is 1.97 bits per heavy atom. The highest BCUT2D eigenvalue weighted by molar-refractivity contribution is 6.33. The monoisotopic (exact) mass is 484 g/mol. The zero-order valence-electron chi connectivity index (χ0n) is 18.9. The molecule has 1 aromatic heterocycles. The van der Waals surface area contributed by atoms with Crippen LogP contribution in [0.5, 0.6) is 0 Å². The molecule has 1 fully saturated rings. The first-order chi connectivity index (χ1) is 16.4. The van der Waals surface area contributed by atoms with Gasteiger partial charge in [-0.15, -0.1) is 0 Å². The predicted octanol–water partition coefficient (Wildman–Crippen LogP) is 5.86. The second kappa shape index (κ2) is 10.8. The molecule has 0 bridgehead atoms. The van der Waals surface area contributed by atoms with Crippen LogP contribution >= 0.6 is 11.6 Å². The molecule has 1 aliphatic rings. The van der Waals surface area contributed by atoms with E-state index in [0.29, 0.717) is 12.8 Å².